The van der Waals surface area contributed by atoms with E-state index in [4.69, 9.17) is 0 Å². The minimum Gasteiger partial charge on any atom is -0.356 e. The van der Waals surface area contributed by atoms with Gasteiger partial charge < -0.3 is 20.5 Å². The Balaban J connectivity index is 0.00000261. The zero-order valence-electron chi connectivity index (χ0n) is 16.1. The third kappa shape index (κ3) is 7.63. The van der Waals surface area contributed by atoms with Crippen molar-refractivity contribution in [2.75, 3.05) is 13.6 Å². The van der Waals surface area contributed by atoms with E-state index in [0.717, 1.165) is 70.4 Å². The second-order valence-corrected chi connectivity index (χ2v) is 7.39. The molecule has 1 aromatic heterocycles. The zero-order valence-corrected chi connectivity index (χ0v) is 18.4. The van der Waals surface area contributed by atoms with Crippen molar-refractivity contribution in [2.24, 2.45) is 10.9 Å². The first kappa shape index (κ1) is 21.9. The molecule has 0 saturated heterocycles. The van der Waals surface area contributed by atoms with E-state index in [0.29, 0.717) is 12.1 Å². The molecule has 1 aromatic rings. The zero-order chi connectivity index (χ0) is 18.2. The standard InChI is InChI=1S/C18H31N7O.HI/c1-19-18(20-9-2-3-10-25-12-21-22-13-25)24-16-6-4-5-14(11-16)17(26)23-15-7-8-15;/h12-16H,2-11H2,1H3,(H,23,26)(H2,19,20,24);1H. The van der Waals surface area contributed by atoms with E-state index in [1.165, 1.54) is 0 Å². The number of hydrogen-bond acceptors (Lipinski definition) is 4. The van der Waals surface area contributed by atoms with E-state index in [-0.39, 0.29) is 35.8 Å². The fraction of sp³-hybridized carbons (Fsp3) is 0.778. The van der Waals surface area contributed by atoms with E-state index >= 15 is 0 Å². The summed E-state index contributed by atoms with van der Waals surface area (Å²) in [5.74, 6) is 1.22. The number of carbonyl (C=O) groups is 1. The average Bonchev–Trinajstić information content (AvgIpc) is 3.32. The normalized spacial score (nSPS) is 22.6. The summed E-state index contributed by atoms with van der Waals surface area (Å²) in [6.07, 6.45) is 12.0. The van der Waals surface area contributed by atoms with Gasteiger partial charge in [-0.2, -0.15) is 0 Å². The molecule has 2 saturated carbocycles. The molecule has 27 heavy (non-hydrogen) atoms. The van der Waals surface area contributed by atoms with Gasteiger partial charge in [-0.05, 0) is 44.9 Å². The first-order valence-electron chi connectivity index (χ1n) is 9.84. The highest BCUT2D eigenvalue weighted by Gasteiger charge is 2.31. The Kier molecular flexibility index (Phi) is 9.29. The summed E-state index contributed by atoms with van der Waals surface area (Å²) in [4.78, 5) is 16.6. The topological polar surface area (TPSA) is 96.2 Å². The smallest absolute Gasteiger partial charge is 0.223 e. The molecule has 1 heterocycles. The van der Waals surface area contributed by atoms with E-state index in [1.807, 2.05) is 4.57 Å². The van der Waals surface area contributed by atoms with E-state index < -0.39 is 0 Å². The van der Waals surface area contributed by atoms with Gasteiger partial charge in [-0.1, -0.05) is 6.42 Å². The minimum atomic E-state index is 0. The van der Waals surface area contributed by atoms with E-state index in [2.05, 4.69) is 31.1 Å². The van der Waals surface area contributed by atoms with Crippen LogP contribution < -0.4 is 16.0 Å². The van der Waals surface area contributed by atoms with Crippen molar-refractivity contribution < 1.29 is 4.79 Å². The van der Waals surface area contributed by atoms with Gasteiger partial charge in [-0.3, -0.25) is 9.79 Å². The quantitative estimate of drug-likeness (QED) is 0.224. The maximum Gasteiger partial charge on any atom is 0.223 e. The number of aryl methyl sites for hydroxylation is 1. The summed E-state index contributed by atoms with van der Waals surface area (Å²) in [5, 5.41) is 17.6. The molecule has 0 spiro atoms. The molecule has 3 N–H and O–H groups in total. The SMILES string of the molecule is CN=C(NCCCCn1cnnc1)NC1CCCC(C(=O)NC2CC2)C1.I. The van der Waals surface area contributed by atoms with Crippen LogP contribution in [0.15, 0.2) is 17.6 Å². The van der Waals surface area contributed by atoms with Crippen LogP contribution in [0.5, 0.6) is 0 Å². The molecule has 3 rings (SSSR count). The van der Waals surface area contributed by atoms with Crippen molar-refractivity contribution in [3.05, 3.63) is 12.7 Å². The van der Waals surface area contributed by atoms with E-state index in [1.54, 1.807) is 19.7 Å². The molecule has 0 radical (unpaired) electrons. The predicted octanol–water partition coefficient (Wildman–Crippen LogP) is 1.68. The number of nitrogens with zero attached hydrogens (tertiary/aromatic N) is 4. The summed E-state index contributed by atoms with van der Waals surface area (Å²) < 4.78 is 1.99. The minimum absolute atomic E-state index is 0. The maximum atomic E-state index is 12.3. The molecular weight excluding hydrogens is 457 g/mol. The van der Waals surface area contributed by atoms with Crippen molar-refractivity contribution in [1.82, 2.24) is 30.7 Å². The lowest BCUT2D eigenvalue weighted by atomic mass is 9.85. The van der Waals surface area contributed by atoms with E-state index in [9.17, 15) is 4.79 Å². The maximum absolute atomic E-state index is 12.3. The molecule has 8 nitrogen and oxygen atoms in total. The number of aliphatic imine (C=N–C) groups is 1. The summed E-state index contributed by atoms with van der Waals surface area (Å²) in [5.41, 5.74) is 0. The Morgan fingerprint density at radius 3 is 2.59 bits per heavy atom. The Hall–Kier alpha value is -1.39. The fourth-order valence-corrected chi connectivity index (χ4v) is 3.46. The molecule has 2 fully saturated rings. The van der Waals surface area contributed by atoms with Gasteiger partial charge in [0.1, 0.15) is 12.7 Å². The lowest BCUT2D eigenvalue weighted by Crippen LogP contribution is -2.47. The van der Waals surface area contributed by atoms with Gasteiger partial charge in [-0.15, -0.1) is 34.2 Å². The highest BCUT2D eigenvalue weighted by Crippen LogP contribution is 2.26. The number of unbranched alkanes of at least 4 members (excludes halogenated alkanes) is 1. The van der Waals surface area contributed by atoms with Crippen molar-refractivity contribution in [3.8, 4) is 0 Å². The molecule has 0 aliphatic heterocycles. The third-order valence-corrected chi connectivity index (χ3v) is 5.14. The summed E-state index contributed by atoms with van der Waals surface area (Å²) >= 11 is 0. The fourth-order valence-electron chi connectivity index (χ4n) is 3.46. The van der Waals surface area contributed by atoms with Crippen LogP contribution in [0.2, 0.25) is 0 Å². The molecule has 2 aliphatic carbocycles. The molecule has 1 amide bonds. The Labute approximate surface area is 178 Å². The summed E-state index contributed by atoms with van der Waals surface area (Å²) in [7, 11) is 1.80. The van der Waals surface area contributed by atoms with Gasteiger partial charge in [0.05, 0.1) is 0 Å². The summed E-state index contributed by atoms with van der Waals surface area (Å²) in [6, 6.07) is 0.769. The number of rotatable bonds is 8. The number of carbonyl (C=O) groups excluding carboxylic acids is 1. The van der Waals surface area contributed by atoms with Crippen LogP contribution in [0.3, 0.4) is 0 Å². The molecular formula is C18H32IN7O. The molecule has 9 heteroatoms. The molecule has 152 valence electrons. The lowest BCUT2D eigenvalue weighted by molar-refractivity contribution is -0.126. The first-order valence-corrected chi connectivity index (χ1v) is 9.84. The first-order chi connectivity index (χ1) is 12.7. The Morgan fingerprint density at radius 2 is 1.89 bits per heavy atom. The van der Waals surface area contributed by atoms with Crippen LogP contribution in [0.25, 0.3) is 0 Å². The molecule has 2 aliphatic rings. The van der Waals surface area contributed by atoms with Crippen LogP contribution in [0.1, 0.15) is 51.4 Å². The van der Waals surface area contributed by atoms with Crippen LogP contribution in [0, 0.1) is 5.92 Å². The van der Waals surface area contributed by atoms with Gasteiger partial charge in [0.15, 0.2) is 5.96 Å². The number of aromatic nitrogens is 3. The Morgan fingerprint density at radius 1 is 1.11 bits per heavy atom. The van der Waals surface area contributed by atoms with Crippen molar-refractivity contribution in [2.45, 2.75) is 70.0 Å². The van der Waals surface area contributed by atoms with Gasteiger partial charge >= 0.3 is 0 Å². The number of nitrogens with one attached hydrogen (secondary N) is 3. The third-order valence-electron chi connectivity index (χ3n) is 5.14. The Bertz CT molecular complexity index is 589. The summed E-state index contributed by atoms with van der Waals surface area (Å²) in [6.45, 7) is 1.81. The molecule has 2 atom stereocenters. The van der Waals surface area contributed by atoms with Crippen molar-refractivity contribution >= 4 is 35.8 Å². The number of guanidine groups is 1. The number of halogens is 1. The van der Waals surface area contributed by atoms with Crippen molar-refractivity contribution in [3.63, 3.8) is 0 Å². The van der Waals surface area contributed by atoms with Gasteiger partial charge in [0.25, 0.3) is 0 Å². The molecule has 2 unspecified atom stereocenters. The van der Waals surface area contributed by atoms with Gasteiger partial charge in [0, 0.05) is 38.1 Å². The largest absolute Gasteiger partial charge is 0.356 e. The van der Waals surface area contributed by atoms with Gasteiger partial charge in [-0.25, -0.2) is 0 Å². The molecule has 0 bridgehead atoms. The van der Waals surface area contributed by atoms with Gasteiger partial charge in [0.2, 0.25) is 5.91 Å². The van der Waals surface area contributed by atoms with Crippen LogP contribution in [0.4, 0.5) is 0 Å². The van der Waals surface area contributed by atoms with Crippen LogP contribution >= 0.6 is 24.0 Å². The van der Waals surface area contributed by atoms with Crippen molar-refractivity contribution in [1.29, 1.82) is 0 Å². The second kappa shape index (κ2) is 11.5. The predicted molar refractivity (Wildman–Crippen MR) is 116 cm³/mol. The van der Waals surface area contributed by atoms with Crippen LogP contribution in [-0.4, -0.2) is 52.3 Å². The average molecular weight is 489 g/mol. The molecule has 0 aromatic carbocycles. The highest BCUT2D eigenvalue weighted by atomic mass is 127. The van der Waals surface area contributed by atoms with Crippen LogP contribution in [-0.2, 0) is 11.3 Å². The second-order valence-electron chi connectivity index (χ2n) is 7.39. The highest BCUT2D eigenvalue weighted by molar-refractivity contribution is 14.0. The number of amides is 1. The number of hydrogen-bond donors (Lipinski definition) is 3. The monoisotopic (exact) mass is 489 g/mol. The lowest BCUT2D eigenvalue weighted by Gasteiger charge is -2.30.